The van der Waals surface area contributed by atoms with E-state index >= 15 is 0 Å². The molecule has 0 saturated carbocycles. The van der Waals surface area contributed by atoms with E-state index in [1.807, 2.05) is 12.1 Å². The maximum Gasteiger partial charge on any atom is 0.315 e. The molecule has 0 radical (unpaired) electrons. The van der Waals surface area contributed by atoms with Gasteiger partial charge in [-0.2, -0.15) is 0 Å². The molecular formula is C19H23FN4O2. The second-order valence-corrected chi connectivity index (χ2v) is 6.04. The molecule has 2 heterocycles. The number of carbonyl (C=O) groups is 1. The molecule has 0 unspecified atom stereocenters. The minimum absolute atomic E-state index is 0.250. The Balaban J connectivity index is 1.48. The molecule has 2 amide bonds. The first kappa shape index (κ1) is 18.1. The van der Waals surface area contributed by atoms with E-state index in [1.165, 1.54) is 6.07 Å². The highest BCUT2D eigenvalue weighted by atomic mass is 19.1. The van der Waals surface area contributed by atoms with E-state index in [4.69, 9.17) is 4.74 Å². The van der Waals surface area contributed by atoms with Crippen LogP contribution in [0.2, 0.25) is 0 Å². The summed E-state index contributed by atoms with van der Waals surface area (Å²) in [7, 11) is 0. The van der Waals surface area contributed by atoms with E-state index in [2.05, 4.69) is 20.5 Å². The largest absolute Gasteiger partial charge is 0.378 e. The quantitative estimate of drug-likeness (QED) is 0.830. The van der Waals surface area contributed by atoms with E-state index in [0.717, 1.165) is 24.5 Å². The van der Waals surface area contributed by atoms with Crippen LogP contribution in [0.4, 0.5) is 15.0 Å². The van der Waals surface area contributed by atoms with Crippen molar-refractivity contribution in [3.63, 3.8) is 0 Å². The molecule has 1 aliphatic rings. The van der Waals surface area contributed by atoms with Gasteiger partial charge in [-0.15, -0.1) is 0 Å². The maximum atomic E-state index is 13.6. The molecular weight excluding hydrogens is 335 g/mol. The summed E-state index contributed by atoms with van der Waals surface area (Å²) in [5, 5.41) is 5.59. The number of hydrogen-bond donors (Lipinski definition) is 2. The normalized spacial score (nSPS) is 14.1. The summed E-state index contributed by atoms with van der Waals surface area (Å²) in [6.07, 6.45) is 2.20. The third kappa shape index (κ3) is 4.92. The predicted octanol–water partition coefficient (Wildman–Crippen LogP) is 2.10. The van der Waals surface area contributed by atoms with Crippen LogP contribution in [0.3, 0.4) is 0 Å². The number of rotatable bonds is 6. The minimum Gasteiger partial charge on any atom is -0.378 e. The van der Waals surface area contributed by atoms with Crippen LogP contribution in [0.15, 0.2) is 42.6 Å². The summed E-state index contributed by atoms with van der Waals surface area (Å²) in [5.74, 6) is 0.627. The van der Waals surface area contributed by atoms with Crippen LogP contribution in [-0.2, 0) is 17.7 Å². The number of anilines is 1. The lowest BCUT2D eigenvalue weighted by Gasteiger charge is -2.29. The Hall–Kier alpha value is -2.67. The van der Waals surface area contributed by atoms with Crippen molar-refractivity contribution in [3.05, 3.63) is 59.5 Å². The van der Waals surface area contributed by atoms with Gasteiger partial charge in [-0.05, 0) is 24.1 Å². The number of halogens is 1. The van der Waals surface area contributed by atoms with E-state index in [-0.39, 0.29) is 11.8 Å². The summed E-state index contributed by atoms with van der Waals surface area (Å²) < 4.78 is 18.9. The molecule has 0 bridgehead atoms. The Morgan fingerprint density at radius 1 is 1.12 bits per heavy atom. The zero-order valence-corrected chi connectivity index (χ0v) is 14.6. The van der Waals surface area contributed by atoms with E-state index in [1.54, 1.807) is 24.4 Å². The number of urea groups is 1. The van der Waals surface area contributed by atoms with Crippen LogP contribution in [0.25, 0.3) is 0 Å². The van der Waals surface area contributed by atoms with Gasteiger partial charge in [-0.3, -0.25) is 0 Å². The lowest BCUT2D eigenvalue weighted by molar-refractivity contribution is 0.122. The first-order chi connectivity index (χ1) is 12.7. The van der Waals surface area contributed by atoms with Crippen molar-refractivity contribution in [1.82, 2.24) is 15.6 Å². The topological polar surface area (TPSA) is 66.5 Å². The molecule has 1 aromatic carbocycles. The van der Waals surface area contributed by atoms with Crippen LogP contribution < -0.4 is 15.5 Å². The van der Waals surface area contributed by atoms with Crippen LogP contribution in [-0.4, -0.2) is 43.9 Å². The second kappa shape index (κ2) is 9.15. The van der Waals surface area contributed by atoms with E-state index in [9.17, 15) is 9.18 Å². The van der Waals surface area contributed by atoms with Gasteiger partial charge < -0.3 is 20.3 Å². The number of hydrogen-bond acceptors (Lipinski definition) is 4. The van der Waals surface area contributed by atoms with Gasteiger partial charge >= 0.3 is 6.03 Å². The second-order valence-electron chi connectivity index (χ2n) is 6.04. The van der Waals surface area contributed by atoms with Crippen molar-refractivity contribution in [1.29, 1.82) is 0 Å². The molecule has 2 N–H and O–H groups in total. The predicted molar refractivity (Wildman–Crippen MR) is 97.6 cm³/mol. The number of carbonyl (C=O) groups excluding carboxylic acids is 1. The van der Waals surface area contributed by atoms with Gasteiger partial charge in [-0.1, -0.05) is 24.3 Å². The van der Waals surface area contributed by atoms with Gasteiger partial charge in [0.05, 0.1) is 13.2 Å². The SMILES string of the molecule is O=C(NCCc1ccccc1F)NCc1cccnc1N1CCOCC1. The highest BCUT2D eigenvalue weighted by Crippen LogP contribution is 2.18. The molecule has 2 aromatic rings. The maximum absolute atomic E-state index is 13.6. The van der Waals surface area contributed by atoms with Crippen molar-refractivity contribution < 1.29 is 13.9 Å². The Kier molecular flexibility index (Phi) is 6.38. The molecule has 26 heavy (non-hydrogen) atoms. The third-order valence-electron chi connectivity index (χ3n) is 4.26. The van der Waals surface area contributed by atoms with Gasteiger partial charge in [0.15, 0.2) is 0 Å². The van der Waals surface area contributed by atoms with E-state index in [0.29, 0.717) is 38.3 Å². The number of nitrogens with one attached hydrogen (secondary N) is 2. The number of aromatic nitrogens is 1. The molecule has 6 nitrogen and oxygen atoms in total. The van der Waals surface area contributed by atoms with E-state index < -0.39 is 0 Å². The molecule has 3 rings (SSSR count). The van der Waals surface area contributed by atoms with Gasteiger partial charge in [0.25, 0.3) is 0 Å². The number of amides is 2. The lowest BCUT2D eigenvalue weighted by atomic mass is 10.1. The summed E-state index contributed by atoms with van der Waals surface area (Å²) in [5.41, 5.74) is 1.55. The van der Waals surface area contributed by atoms with Gasteiger partial charge in [0, 0.05) is 37.9 Å². The summed E-state index contributed by atoms with van der Waals surface area (Å²) in [6, 6.07) is 10.1. The molecule has 0 aliphatic carbocycles. The molecule has 1 aromatic heterocycles. The Labute approximate surface area is 152 Å². The van der Waals surface area contributed by atoms with Crippen molar-refractivity contribution >= 4 is 11.8 Å². The fraction of sp³-hybridized carbons (Fsp3) is 0.368. The third-order valence-corrected chi connectivity index (χ3v) is 4.26. The van der Waals surface area contributed by atoms with Crippen LogP contribution in [0, 0.1) is 5.82 Å². The van der Waals surface area contributed by atoms with Crippen molar-refractivity contribution in [2.24, 2.45) is 0 Å². The van der Waals surface area contributed by atoms with Crippen molar-refractivity contribution in [2.45, 2.75) is 13.0 Å². The zero-order valence-electron chi connectivity index (χ0n) is 14.6. The number of morpholine rings is 1. The average Bonchev–Trinajstić information content (AvgIpc) is 2.69. The fourth-order valence-electron chi connectivity index (χ4n) is 2.88. The monoisotopic (exact) mass is 358 g/mol. The number of benzene rings is 1. The van der Waals surface area contributed by atoms with Crippen molar-refractivity contribution in [2.75, 3.05) is 37.7 Å². The summed E-state index contributed by atoms with van der Waals surface area (Å²) in [6.45, 7) is 3.69. The molecule has 0 atom stereocenters. The van der Waals surface area contributed by atoms with Gasteiger partial charge in [0.2, 0.25) is 0 Å². The van der Waals surface area contributed by atoms with Gasteiger partial charge in [0.1, 0.15) is 11.6 Å². The highest BCUT2D eigenvalue weighted by molar-refractivity contribution is 5.74. The summed E-state index contributed by atoms with van der Waals surface area (Å²) >= 11 is 0. The minimum atomic E-state index is -0.280. The number of pyridine rings is 1. The van der Waals surface area contributed by atoms with Crippen LogP contribution in [0.5, 0.6) is 0 Å². The Morgan fingerprint density at radius 3 is 2.69 bits per heavy atom. The van der Waals surface area contributed by atoms with Gasteiger partial charge in [-0.25, -0.2) is 14.2 Å². The lowest BCUT2D eigenvalue weighted by Crippen LogP contribution is -2.39. The molecule has 7 heteroatoms. The molecule has 1 fully saturated rings. The van der Waals surface area contributed by atoms with Crippen molar-refractivity contribution in [3.8, 4) is 0 Å². The molecule has 1 saturated heterocycles. The average molecular weight is 358 g/mol. The highest BCUT2D eigenvalue weighted by Gasteiger charge is 2.16. The molecule has 1 aliphatic heterocycles. The fourth-order valence-corrected chi connectivity index (χ4v) is 2.88. The zero-order chi connectivity index (χ0) is 18.2. The standard InChI is InChI=1S/C19H23FN4O2/c20-17-6-2-1-4-15(17)7-9-22-19(25)23-14-16-5-3-8-21-18(16)24-10-12-26-13-11-24/h1-6,8H,7,9-14H2,(H2,22,23,25). The number of ether oxygens (including phenoxy) is 1. The molecule has 0 spiro atoms. The summed E-state index contributed by atoms with van der Waals surface area (Å²) in [4.78, 5) is 18.6. The number of nitrogens with zero attached hydrogens (tertiary/aromatic N) is 2. The smallest absolute Gasteiger partial charge is 0.315 e. The first-order valence-corrected chi connectivity index (χ1v) is 8.76. The first-order valence-electron chi connectivity index (χ1n) is 8.76. The van der Waals surface area contributed by atoms with Crippen LogP contribution >= 0.6 is 0 Å². The Morgan fingerprint density at radius 2 is 1.88 bits per heavy atom. The Bertz CT molecular complexity index is 735. The molecule has 138 valence electrons. The van der Waals surface area contributed by atoms with Crippen LogP contribution in [0.1, 0.15) is 11.1 Å².